The van der Waals surface area contributed by atoms with Crippen LogP contribution in [-0.2, 0) is 4.74 Å². The molecule has 128 valence electrons. The fraction of sp³-hybridized carbons (Fsp3) is 0.316. The van der Waals surface area contributed by atoms with Gasteiger partial charge in [-0.05, 0) is 45.1 Å². The highest BCUT2D eigenvalue weighted by molar-refractivity contribution is 5.90. The SMILES string of the molecule is C#CC/C(N)=C\C=C(/C)Oc1cc(OC(C)C)cc(C(=O)OC)c1. The van der Waals surface area contributed by atoms with Crippen molar-refractivity contribution in [3.63, 3.8) is 0 Å². The molecule has 0 spiro atoms. The molecule has 0 bridgehead atoms. The van der Waals surface area contributed by atoms with Crippen LogP contribution in [0.3, 0.4) is 0 Å². The summed E-state index contributed by atoms with van der Waals surface area (Å²) in [5, 5.41) is 0. The predicted molar refractivity (Wildman–Crippen MR) is 93.7 cm³/mol. The van der Waals surface area contributed by atoms with E-state index in [9.17, 15) is 4.79 Å². The van der Waals surface area contributed by atoms with Crippen molar-refractivity contribution in [2.45, 2.75) is 33.3 Å². The molecule has 1 aromatic carbocycles. The number of nitrogens with two attached hydrogens (primary N) is 1. The first-order valence-electron chi connectivity index (χ1n) is 7.50. The van der Waals surface area contributed by atoms with E-state index in [0.29, 0.717) is 34.9 Å². The Morgan fingerprint density at radius 1 is 1.29 bits per heavy atom. The van der Waals surface area contributed by atoms with E-state index in [-0.39, 0.29) is 6.10 Å². The van der Waals surface area contributed by atoms with Gasteiger partial charge in [-0.2, -0.15) is 0 Å². The van der Waals surface area contributed by atoms with E-state index in [1.165, 1.54) is 7.11 Å². The highest BCUT2D eigenvalue weighted by Gasteiger charge is 2.11. The molecule has 0 aromatic heterocycles. The van der Waals surface area contributed by atoms with Gasteiger partial charge in [0.15, 0.2) is 0 Å². The van der Waals surface area contributed by atoms with Gasteiger partial charge in [-0.1, -0.05) is 0 Å². The Labute approximate surface area is 143 Å². The van der Waals surface area contributed by atoms with Gasteiger partial charge in [0.2, 0.25) is 0 Å². The number of rotatable bonds is 7. The van der Waals surface area contributed by atoms with Crippen molar-refractivity contribution >= 4 is 5.97 Å². The van der Waals surface area contributed by atoms with Crippen LogP contribution in [-0.4, -0.2) is 19.2 Å². The molecule has 0 amide bonds. The quantitative estimate of drug-likeness (QED) is 0.359. The van der Waals surface area contributed by atoms with Crippen LogP contribution in [0.5, 0.6) is 11.5 Å². The van der Waals surface area contributed by atoms with Gasteiger partial charge in [-0.25, -0.2) is 4.79 Å². The summed E-state index contributed by atoms with van der Waals surface area (Å²) in [4.78, 5) is 11.8. The Balaban J connectivity index is 3.05. The van der Waals surface area contributed by atoms with Gasteiger partial charge in [-0.15, -0.1) is 12.3 Å². The number of allylic oxidation sites excluding steroid dienone is 4. The monoisotopic (exact) mass is 329 g/mol. The fourth-order valence-corrected chi connectivity index (χ4v) is 1.83. The van der Waals surface area contributed by atoms with Crippen LogP contribution >= 0.6 is 0 Å². The maximum Gasteiger partial charge on any atom is 0.338 e. The zero-order valence-corrected chi connectivity index (χ0v) is 14.5. The Morgan fingerprint density at radius 2 is 1.96 bits per heavy atom. The Hall–Kier alpha value is -2.87. The fourth-order valence-electron chi connectivity index (χ4n) is 1.83. The van der Waals surface area contributed by atoms with E-state index in [4.69, 9.17) is 26.4 Å². The third-order valence-corrected chi connectivity index (χ3v) is 2.79. The third-order valence-electron chi connectivity index (χ3n) is 2.79. The van der Waals surface area contributed by atoms with Gasteiger partial charge in [0, 0.05) is 18.2 Å². The van der Waals surface area contributed by atoms with Crippen LogP contribution in [0.1, 0.15) is 37.6 Å². The van der Waals surface area contributed by atoms with E-state index in [1.54, 1.807) is 37.3 Å². The molecule has 0 heterocycles. The molecule has 0 aliphatic heterocycles. The molecule has 2 N–H and O–H groups in total. The maximum atomic E-state index is 11.8. The lowest BCUT2D eigenvalue weighted by molar-refractivity contribution is 0.0599. The van der Waals surface area contributed by atoms with Crippen LogP contribution in [0.4, 0.5) is 0 Å². The van der Waals surface area contributed by atoms with E-state index in [2.05, 4.69) is 5.92 Å². The first kappa shape index (κ1) is 19.2. The molecule has 0 atom stereocenters. The second-order valence-electron chi connectivity index (χ2n) is 5.35. The van der Waals surface area contributed by atoms with Crippen LogP contribution in [0.2, 0.25) is 0 Å². The molecule has 0 saturated carbocycles. The topological polar surface area (TPSA) is 70.8 Å². The number of ether oxygens (including phenoxy) is 3. The number of esters is 1. The summed E-state index contributed by atoms with van der Waals surface area (Å²) < 4.78 is 16.1. The minimum Gasteiger partial charge on any atom is -0.491 e. The standard InChI is InChI=1S/C19H23NO4/c1-6-7-16(20)9-8-14(4)24-18-11-15(19(21)22-5)10-17(12-18)23-13(2)3/h1,8-13H,7,20H2,2-5H3/b14-8+,16-9+. The second kappa shape index (κ2) is 9.31. The smallest absolute Gasteiger partial charge is 0.338 e. The molecule has 5 heteroatoms. The second-order valence-corrected chi connectivity index (χ2v) is 5.35. The summed E-state index contributed by atoms with van der Waals surface area (Å²) in [5.41, 5.74) is 6.63. The summed E-state index contributed by atoms with van der Waals surface area (Å²) in [6, 6.07) is 4.91. The number of methoxy groups -OCH3 is 1. The lowest BCUT2D eigenvalue weighted by Gasteiger charge is -2.13. The van der Waals surface area contributed by atoms with Crippen molar-refractivity contribution in [2.24, 2.45) is 5.73 Å². The first-order chi connectivity index (χ1) is 11.3. The van der Waals surface area contributed by atoms with Crippen molar-refractivity contribution in [1.82, 2.24) is 0 Å². The number of hydrogen-bond acceptors (Lipinski definition) is 5. The van der Waals surface area contributed by atoms with Gasteiger partial charge in [0.05, 0.1) is 18.8 Å². The molecule has 1 rings (SSSR count). The normalized spacial score (nSPS) is 11.8. The molecule has 24 heavy (non-hydrogen) atoms. The zero-order valence-electron chi connectivity index (χ0n) is 14.5. The Morgan fingerprint density at radius 3 is 2.54 bits per heavy atom. The highest BCUT2D eigenvalue weighted by Crippen LogP contribution is 2.26. The molecule has 5 nitrogen and oxygen atoms in total. The summed E-state index contributed by atoms with van der Waals surface area (Å²) >= 11 is 0. The van der Waals surface area contributed by atoms with Crippen LogP contribution in [0, 0.1) is 12.3 Å². The lowest BCUT2D eigenvalue weighted by atomic mass is 10.2. The largest absolute Gasteiger partial charge is 0.491 e. The number of hydrogen-bond donors (Lipinski definition) is 1. The van der Waals surface area contributed by atoms with E-state index in [1.807, 2.05) is 13.8 Å². The zero-order chi connectivity index (χ0) is 18.1. The van der Waals surface area contributed by atoms with Crippen LogP contribution < -0.4 is 15.2 Å². The molecule has 0 aliphatic rings. The molecule has 0 fully saturated rings. The molecule has 0 aliphatic carbocycles. The van der Waals surface area contributed by atoms with Gasteiger partial charge < -0.3 is 19.9 Å². The van der Waals surface area contributed by atoms with Crippen LogP contribution in [0.25, 0.3) is 0 Å². The number of benzene rings is 1. The molecule has 0 radical (unpaired) electrons. The third kappa shape index (κ3) is 6.49. The van der Waals surface area contributed by atoms with Gasteiger partial charge in [0.25, 0.3) is 0 Å². The average molecular weight is 329 g/mol. The number of carbonyl (C=O) groups is 1. The van der Waals surface area contributed by atoms with Gasteiger partial charge in [-0.3, -0.25) is 0 Å². The Kier molecular flexibility index (Phi) is 7.44. The van der Waals surface area contributed by atoms with Crippen molar-refractivity contribution in [3.8, 4) is 23.8 Å². The number of terminal acetylenes is 1. The highest BCUT2D eigenvalue weighted by atomic mass is 16.5. The van der Waals surface area contributed by atoms with Gasteiger partial charge in [0.1, 0.15) is 17.3 Å². The summed E-state index contributed by atoms with van der Waals surface area (Å²) in [7, 11) is 1.32. The van der Waals surface area contributed by atoms with E-state index in [0.717, 1.165) is 0 Å². The van der Waals surface area contributed by atoms with Crippen molar-refractivity contribution in [2.75, 3.05) is 7.11 Å². The van der Waals surface area contributed by atoms with E-state index < -0.39 is 5.97 Å². The van der Waals surface area contributed by atoms with Crippen molar-refractivity contribution in [1.29, 1.82) is 0 Å². The molecule has 1 aromatic rings. The Bertz CT molecular complexity index is 681. The molecule has 0 saturated heterocycles. The van der Waals surface area contributed by atoms with E-state index >= 15 is 0 Å². The summed E-state index contributed by atoms with van der Waals surface area (Å²) in [5.74, 6) is 3.58. The average Bonchev–Trinajstić information content (AvgIpc) is 2.51. The van der Waals surface area contributed by atoms with Crippen molar-refractivity contribution < 1.29 is 19.0 Å². The molecule has 0 unspecified atom stereocenters. The van der Waals surface area contributed by atoms with Gasteiger partial charge >= 0.3 is 5.97 Å². The lowest BCUT2D eigenvalue weighted by Crippen LogP contribution is -2.08. The summed E-state index contributed by atoms with van der Waals surface area (Å²) in [6.45, 7) is 5.57. The minimum absolute atomic E-state index is 0.0334. The maximum absolute atomic E-state index is 11.8. The summed E-state index contributed by atoms with van der Waals surface area (Å²) in [6.07, 6.45) is 8.92. The first-order valence-corrected chi connectivity index (χ1v) is 7.50. The number of carbonyl (C=O) groups excluding carboxylic acids is 1. The molecular weight excluding hydrogens is 306 g/mol. The molecular formula is C19H23NO4. The minimum atomic E-state index is -0.464. The predicted octanol–water partition coefficient (Wildman–Crippen LogP) is 3.41. The van der Waals surface area contributed by atoms with Crippen molar-refractivity contribution in [3.05, 3.63) is 47.4 Å². The van der Waals surface area contributed by atoms with Crippen LogP contribution in [0.15, 0.2) is 41.8 Å².